The lowest BCUT2D eigenvalue weighted by molar-refractivity contribution is -0.0921. The second-order valence-electron chi connectivity index (χ2n) is 5.82. The summed E-state index contributed by atoms with van der Waals surface area (Å²) in [5, 5.41) is 2.46. The molecule has 0 aliphatic carbocycles. The summed E-state index contributed by atoms with van der Waals surface area (Å²) in [4.78, 5) is 18.1. The van der Waals surface area contributed by atoms with Gasteiger partial charge >= 0.3 is 6.03 Å². The number of aromatic nitrogens is 1. The molecule has 122 valence electrons. The average molecular weight is 322 g/mol. The predicted molar refractivity (Wildman–Crippen MR) is 91.3 cm³/mol. The number of rotatable bonds is 3. The van der Waals surface area contributed by atoms with Gasteiger partial charge in [-0.15, -0.1) is 0 Å². The van der Waals surface area contributed by atoms with Gasteiger partial charge in [-0.2, -0.15) is 0 Å². The number of benzene rings is 2. The molecule has 0 fully saturated rings. The number of hydrogen-bond acceptors (Lipinski definition) is 3. The van der Waals surface area contributed by atoms with Gasteiger partial charge in [0.1, 0.15) is 5.75 Å². The zero-order valence-corrected chi connectivity index (χ0v) is 13.6. The number of hydrogen-bond donors (Lipinski definition) is 0. The molecule has 2 heterocycles. The monoisotopic (exact) mass is 322 g/mol. The van der Waals surface area contributed by atoms with Crippen molar-refractivity contribution in [3.05, 3.63) is 65.9 Å². The minimum absolute atomic E-state index is 0.0426. The molecular formula is C19H18N2O3. The number of ether oxygens (including phenoxy) is 1. The van der Waals surface area contributed by atoms with Crippen LogP contribution in [0.1, 0.15) is 17.2 Å². The van der Waals surface area contributed by atoms with Crippen molar-refractivity contribution in [1.29, 1.82) is 0 Å². The number of nitrogens with zero attached hydrogens (tertiary/aromatic N) is 2. The van der Waals surface area contributed by atoms with E-state index in [2.05, 4.69) is 6.07 Å². The van der Waals surface area contributed by atoms with Crippen LogP contribution in [-0.4, -0.2) is 36.4 Å². The minimum atomic E-state index is -0.154. The van der Waals surface area contributed by atoms with E-state index in [4.69, 9.17) is 9.57 Å². The molecule has 24 heavy (non-hydrogen) atoms. The maximum absolute atomic E-state index is 12.7. The Morgan fingerprint density at radius 1 is 1.04 bits per heavy atom. The maximum atomic E-state index is 12.7. The van der Waals surface area contributed by atoms with E-state index in [9.17, 15) is 4.79 Å². The van der Waals surface area contributed by atoms with Crippen LogP contribution in [0.4, 0.5) is 4.79 Å². The molecule has 2 aromatic carbocycles. The zero-order chi connectivity index (χ0) is 16.7. The first kappa shape index (κ1) is 14.8. The molecule has 4 rings (SSSR count). The molecule has 1 aromatic heterocycles. The Morgan fingerprint density at radius 2 is 1.79 bits per heavy atom. The van der Waals surface area contributed by atoms with Crippen molar-refractivity contribution in [2.75, 3.05) is 20.8 Å². The summed E-state index contributed by atoms with van der Waals surface area (Å²) in [6, 6.07) is 17.8. The van der Waals surface area contributed by atoms with Crippen LogP contribution in [-0.2, 0) is 4.84 Å². The van der Waals surface area contributed by atoms with Gasteiger partial charge in [0, 0.05) is 17.0 Å². The first-order chi connectivity index (χ1) is 11.7. The SMILES string of the molecule is COc1ccc([C@H]2CN(OC)C(=O)n3c2cc2ccccc23)cc1. The Hall–Kier alpha value is -2.79. The molecular weight excluding hydrogens is 304 g/mol. The van der Waals surface area contributed by atoms with Gasteiger partial charge in [0.15, 0.2) is 0 Å². The van der Waals surface area contributed by atoms with Gasteiger partial charge in [0.05, 0.1) is 26.3 Å². The molecule has 1 aliphatic rings. The fourth-order valence-electron chi connectivity index (χ4n) is 3.36. The van der Waals surface area contributed by atoms with E-state index < -0.39 is 0 Å². The summed E-state index contributed by atoms with van der Waals surface area (Å²) in [7, 11) is 3.18. The lowest BCUT2D eigenvalue weighted by Gasteiger charge is -2.32. The molecule has 1 atom stereocenters. The number of carbonyl (C=O) groups is 1. The van der Waals surface area contributed by atoms with E-state index in [1.165, 1.54) is 12.2 Å². The Bertz CT molecular complexity index is 899. The highest BCUT2D eigenvalue weighted by atomic mass is 16.7. The van der Waals surface area contributed by atoms with Crippen molar-refractivity contribution >= 4 is 16.9 Å². The average Bonchev–Trinajstić information content (AvgIpc) is 3.02. The van der Waals surface area contributed by atoms with E-state index >= 15 is 0 Å². The highest BCUT2D eigenvalue weighted by Gasteiger charge is 2.34. The van der Waals surface area contributed by atoms with Crippen LogP contribution >= 0.6 is 0 Å². The lowest BCUT2D eigenvalue weighted by Crippen LogP contribution is -2.42. The molecule has 0 radical (unpaired) electrons. The van der Waals surface area contributed by atoms with E-state index in [0.717, 1.165) is 27.9 Å². The quantitative estimate of drug-likeness (QED) is 0.739. The number of amides is 1. The van der Waals surface area contributed by atoms with Crippen molar-refractivity contribution in [2.24, 2.45) is 0 Å². The van der Waals surface area contributed by atoms with Gasteiger partial charge < -0.3 is 4.74 Å². The van der Waals surface area contributed by atoms with Crippen LogP contribution in [0.3, 0.4) is 0 Å². The van der Waals surface area contributed by atoms with Crippen LogP contribution in [0.5, 0.6) is 5.75 Å². The summed E-state index contributed by atoms with van der Waals surface area (Å²) >= 11 is 0. The first-order valence-electron chi connectivity index (χ1n) is 7.83. The number of fused-ring (bicyclic) bond motifs is 3. The number of para-hydroxylation sites is 1. The van der Waals surface area contributed by atoms with Crippen molar-refractivity contribution in [3.63, 3.8) is 0 Å². The topological polar surface area (TPSA) is 43.7 Å². The second kappa shape index (κ2) is 5.69. The predicted octanol–water partition coefficient (Wildman–Crippen LogP) is 3.63. The van der Waals surface area contributed by atoms with Gasteiger partial charge in [0.2, 0.25) is 0 Å². The Kier molecular flexibility index (Phi) is 3.50. The maximum Gasteiger partial charge on any atom is 0.352 e. The van der Waals surface area contributed by atoms with E-state index in [1.807, 2.05) is 48.5 Å². The summed E-state index contributed by atoms with van der Waals surface area (Å²) < 4.78 is 6.99. The third-order valence-corrected chi connectivity index (χ3v) is 4.59. The van der Waals surface area contributed by atoms with Crippen LogP contribution in [0.15, 0.2) is 54.6 Å². The summed E-state index contributed by atoms with van der Waals surface area (Å²) in [6.45, 7) is 0.484. The lowest BCUT2D eigenvalue weighted by atomic mass is 9.94. The third kappa shape index (κ3) is 2.17. The molecule has 0 saturated heterocycles. The molecule has 1 aliphatic heterocycles. The fourth-order valence-corrected chi connectivity index (χ4v) is 3.36. The Labute approximate surface area is 140 Å². The highest BCUT2D eigenvalue weighted by molar-refractivity contribution is 5.93. The van der Waals surface area contributed by atoms with Crippen LogP contribution in [0.25, 0.3) is 10.9 Å². The molecule has 5 nitrogen and oxygen atoms in total. The fraction of sp³-hybridized carbons (Fsp3) is 0.211. The molecule has 1 amide bonds. The number of methoxy groups -OCH3 is 1. The summed E-state index contributed by atoms with van der Waals surface area (Å²) in [6.07, 6.45) is 0. The van der Waals surface area contributed by atoms with Gasteiger partial charge in [0.25, 0.3) is 0 Å². The number of carbonyl (C=O) groups excluding carboxylic acids is 1. The van der Waals surface area contributed by atoms with Crippen LogP contribution in [0.2, 0.25) is 0 Å². The van der Waals surface area contributed by atoms with Crippen LogP contribution < -0.4 is 4.74 Å². The van der Waals surface area contributed by atoms with Crippen LogP contribution in [0, 0.1) is 0 Å². The first-order valence-corrected chi connectivity index (χ1v) is 7.83. The van der Waals surface area contributed by atoms with Gasteiger partial charge in [-0.05, 0) is 29.8 Å². The normalized spacial score (nSPS) is 17.2. The van der Waals surface area contributed by atoms with Gasteiger partial charge in [-0.3, -0.25) is 9.40 Å². The molecule has 3 aromatic rings. The molecule has 0 N–H and O–H groups in total. The third-order valence-electron chi connectivity index (χ3n) is 4.59. The number of hydroxylamine groups is 2. The molecule has 0 bridgehead atoms. The largest absolute Gasteiger partial charge is 0.497 e. The smallest absolute Gasteiger partial charge is 0.352 e. The zero-order valence-electron chi connectivity index (χ0n) is 13.6. The Morgan fingerprint density at radius 3 is 2.50 bits per heavy atom. The Balaban J connectivity index is 1.89. The van der Waals surface area contributed by atoms with Crippen molar-refractivity contribution < 1.29 is 14.4 Å². The van der Waals surface area contributed by atoms with E-state index in [1.54, 1.807) is 11.7 Å². The van der Waals surface area contributed by atoms with Gasteiger partial charge in [-0.25, -0.2) is 9.86 Å². The highest BCUT2D eigenvalue weighted by Crippen LogP contribution is 2.35. The van der Waals surface area contributed by atoms with E-state index in [0.29, 0.717) is 6.54 Å². The van der Waals surface area contributed by atoms with Gasteiger partial charge in [-0.1, -0.05) is 30.3 Å². The molecule has 0 unspecified atom stereocenters. The molecule has 5 heteroatoms. The summed E-state index contributed by atoms with van der Waals surface area (Å²) in [5.41, 5.74) is 3.01. The van der Waals surface area contributed by atoms with Crippen molar-refractivity contribution in [1.82, 2.24) is 9.63 Å². The van der Waals surface area contributed by atoms with E-state index in [-0.39, 0.29) is 11.9 Å². The minimum Gasteiger partial charge on any atom is -0.497 e. The second-order valence-corrected chi connectivity index (χ2v) is 5.82. The standard InChI is InChI=1S/C19H18N2O3/c1-23-15-9-7-13(8-10-15)16-12-20(24-2)19(22)21-17-6-4-3-5-14(17)11-18(16)21/h3-11,16H,12H2,1-2H3/t16-/m1/s1. The van der Waals surface area contributed by atoms with Crippen molar-refractivity contribution in [3.8, 4) is 5.75 Å². The molecule has 0 saturated carbocycles. The van der Waals surface area contributed by atoms with Crippen molar-refractivity contribution in [2.45, 2.75) is 5.92 Å². The molecule has 0 spiro atoms. The summed E-state index contributed by atoms with van der Waals surface area (Å²) in [5.74, 6) is 0.857.